The molecule has 0 aliphatic rings. The largest absolute Gasteiger partial charge is 0.416 e. The van der Waals surface area contributed by atoms with E-state index in [2.05, 4.69) is 8.47 Å². The minimum absolute atomic E-state index is 0.0795. The van der Waals surface area contributed by atoms with Crippen LogP contribution in [0, 0.1) is 0 Å². The number of hydrogen-bond donors (Lipinski definition) is 0. The molecule has 0 unspecified atom stereocenters. The first kappa shape index (κ1) is 9.83. The molecule has 6 heteroatoms. The highest BCUT2D eigenvalue weighted by Gasteiger charge is 2.11. The fourth-order valence-corrected chi connectivity index (χ4v) is 1.05. The highest BCUT2D eigenvalue weighted by molar-refractivity contribution is 7.81. The predicted octanol–water partition coefficient (Wildman–Crippen LogP) is -0.239. The monoisotopic (exact) mass is 169 g/mol. The standard InChI is InChI=1S/C4H11NO4S/c1-4-8-10(6,7)9-5(2)3/h4H2,1-3H3. The summed E-state index contributed by atoms with van der Waals surface area (Å²) in [5, 5.41) is 1.05. The van der Waals surface area contributed by atoms with Crippen LogP contribution in [0.1, 0.15) is 6.92 Å². The van der Waals surface area contributed by atoms with Gasteiger partial charge in [0.1, 0.15) is 0 Å². The van der Waals surface area contributed by atoms with Crippen molar-refractivity contribution in [2.75, 3.05) is 20.7 Å². The number of hydrogen-bond acceptors (Lipinski definition) is 5. The molecule has 0 amide bonds. The molecular weight excluding hydrogens is 158 g/mol. The second kappa shape index (κ2) is 3.87. The molecule has 5 nitrogen and oxygen atoms in total. The molecule has 0 heterocycles. The Morgan fingerprint density at radius 2 is 1.90 bits per heavy atom. The van der Waals surface area contributed by atoms with Crippen molar-refractivity contribution in [2.45, 2.75) is 6.92 Å². The Kier molecular flexibility index (Phi) is 3.80. The van der Waals surface area contributed by atoms with Gasteiger partial charge in [-0.3, -0.25) is 0 Å². The zero-order chi connectivity index (χ0) is 8.20. The number of hydroxylamine groups is 2. The van der Waals surface area contributed by atoms with E-state index < -0.39 is 10.4 Å². The summed E-state index contributed by atoms with van der Waals surface area (Å²) in [6.07, 6.45) is 0. The number of rotatable bonds is 4. The average molecular weight is 169 g/mol. The minimum Gasteiger partial charge on any atom is -0.247 e. The summed E-state index contributed by atoms with van der Waals surface area (Å²) in [5.41, 5.74) is 0. The van der Waals surface area contributed by atoms with Crippen LogP contribution in [0.4, 0.5) is 0 Å². The summed E-state index contributed by atoms with van der Waals surface area (Å²) in [6.45, 7) is 1.65. The van der Waals surface area contributed by atoms with Crippen LogP contribution in [-0.4, -0.2) is 34.2 Å². The quantitative estimate of drug-likeness (QED) is 0.544. The molecule has 0 spiro atoms. The van der Waals surface area contributed by atoms with Crippen LogP contribution in [0.2, 0.25) is 0 Å². The Balaban J connectivity index is 3.89. The Bertz CT molecular complexity index is 174. The molecule has 0 rings (SSSR count). The maximum atomic E-state index is 10.6. The van der Waals surface area contributed by atoms with Crippen molar-refractivity contribution >= 4 is 10.4 Å². The van der Waals surface area contributed by atoms with Gasteiger partial charge < -0.3 is 0 Å². The molecule has 0 aliphatic heterocycles. The molecule has 0 fully saturated rings. The van der Waals surface area contributed by atoms with Crippen LogP contribution in [0.5, 0.6) is 0 Å². The van der Waals surface area contributed by atoms with Crippen molar-refractivity contribution < 1.29 is 16.9 Å². The van der Waals surface area contributed by atoms with Crippen molar-refractivity contribution in [3.05, 3.63) is 0 Å². The molecule has 0 radical (unpaired) electrons. The van der Waals surface area contributed by atoms with Gasteiger partial charge in [-0.1, -0.05) is 0 Å². The lowest BCUT2D eigenvalue weighted by Crippen LogP contribution is -2.20. The van der Waals surface area contributed by atoms with E-state index in [1.165, 1.54) is 14.1 Å². The fourth-order valence-electron chi connectivity index (χ4n) is 0.348. The summed E-state index contributed by atoms with van der Waals surface area (Å²) in [5.74, 6) is 0. The summed E-state index contributed by atoms with van der Waals surface area (Å²) in [6, 6.07) is 0. The van der Waals surface area contributed by atoms with Gasteiger partial charge in [-0.15, -0.1) is 0 Å². The van der Waals surface area contributed by atoms with E-state index in [-0.39, 0.29) is 6.61 Å². The second-order valence-electron chi connectivity index (χ2n) is 1.70. The topological polar surface area (TPSA) is 55.8 Å². The van der Waals surface area contributed by atoms with E-state index >= 15 is 0 Å². The van der Waals surface area contributed by atoms with Crippen LogP contribution in [0.25, 0.3) is 0 Å². The van der Waals surface area contributed by atoms with E-state index in [9.17, 15) is 8.42 Å². The van der Waals surface area contributed by atoms with Crippen molar-refractivity contribution in [1.82, 2.24) is 5.06 Å². The van der Waals surface area contributed by atoms with Gasteiger partial charge in [0.15, 0.2) is 0 Å². The lowest BCUT2D eigenvalue weighted by molar-refractivity contribution is -0.0134. The van der Waals surface area contributed by atoms with E-state index in [0.29, 0.717) is 0 Å². The maximum absolute atomic E-state index is 10.6. The molecule has 0 N–H and O–H groups in total. The van der Waals surface area contributed by atoms with Gasteiger partial charge in [0.25, 0.3) is 0 Å². The maximum Gasteiger partial charge on any atom is 0.416 e. The van der Waals surface area contributed by atoms with Crippen molar-refractivity contribution in [3.8, 4) is 0 Å². The molecule has 0 saturated carbocycles. The summed E-state index contributed by atoms with van der Waals surface area (Å²) >= 11 is 0. The van der Waals surface area contributed by atoms with Gasteiger partial charge in [-0.2, -0.15) is 17.8 Å². The lowest BCUT2D eigenvalue weighted by Gasteiger charge is -2.08. The van der Waals surface area contributed by atoms with Gasteiger partial charge in [0.2, 0.25) is 0 Å². The number of nitrogens with zero attached hydrogens (tertiary/aromatic N) is 1. The molecule has 0 saturated heterocycles. The van der Waals surface area contributed by atoms with Crippen LogP contribution in [0.3, 0.4) is 0 Å². The fraction of sp³-hybridized carbons (Fsp3) is 1.00. The molecule has 0 aliphatic carbocycles. The SMILES string of the molecule is CCOS(=O)(=O)ON(C)C. The summed E-state index contributed by atoms with van der Waals surface area (Å²) in [7, 11) is -0.895. The molecule has 10 heavy (non-hydrogen) atoms. The van der Waals surface area contributed by atoms with Crippen LogP contribution in [-0.2, 0) is 18.9 Å². The summed E-state index contributed by atoms with van der Waals surface area (Å²) in [4.78, 5) is 0. The predicted molar refractivity (Wildman–Crippen MR) is 35.3 cm³/mol. The highest BCUT2D eigenvalue weighted by Crippen LogP contribution is 1.95. The molecule has 0 bridgehead atoms. The van der Waals surface area contributed by atoms with Gasteiger partial charge >= 0.3 is 10.4 Å². The molecule has 0 aromatic heterocycles. The van der Waals surface area contributed by atoms with Crippen molar-refractivity contribution in [1.29, 1.82) is 0 Å². The minimum atomic E-state index is -3.80. The van der Waals surface area contributed by atoms with E-state index in [1.54, 1.807) is 6.92 Å². The first-order chi connectivity index (χ1) is 4.48. The van der Waals surface area contributed by atoms with Crippen LogP contribution >= 0.6 is 0 Å². The third-order valence-electron chi connectivity index (χ3n) is 0.503. The highest BCUT2D eigenvalue weighted by atomic mass is 32.3. The van der Waals surface area contributed by atoms with Gasteiger partial charge in [0.05, 0.1) is 6.61 Å². The molecule has 0 aromatic carbocycles. The zero-order valence-electron chi connectivity index (χ0n) is 6.20. The second-order valence-corrected chi connectivity index (χ2v) is 2.90. The smallest absolute Gasteiger partial charge is 0.247 e. The Labute approximate surface area is 60.8 Å². The van der Waals surface area contributed by atoms with Crippen LogP contribution in [0.15, 0.2) is 0 Å². The van der Waals surface area contributed by atoms with Crippen molar-refractivity contribution in [3.63, 3.8) is 0 Å². The van der Waals surface area contributed by atoms with Crippen molar-refractivity contribution in [2.24, 2.45) is 0 Å². The molecular formula is C4H11NO4S. The Morgan fingerprint density at radius 1 is 1.40 bits per heavy atom. The van der Waals surface area contributed by atoms with E-state index in [0.717, 1.165) is 5.06 Å². The third-order valence-corrected chi connectivity index (χ3v) is 1.51. The lowest BCUT2D eigenvalue weighted by atomic mass is 10.9. The van der Waals surface area contributed by atoms with Gasteiger partial charge in [-0.05, 0) is 6.92 Å². The summed E-state index contributed by atoms with van der Waals surface area (Å²) < 4.78 is 29.6. The third kappa shape index (κ3) is 4.68. The Morgan fingerprint density at radius 3 is 2.20 bits per heavy atom. The van der Waals surface area contributed by atoms with Gasteiger partial charge in [-0.25, -0.2) is 4.18 Å². The molecule has 0 atom stereocenters. The Hall–Kier alpha value is -0.170. The molecule has 62 valence electrons. The van der Waals surface area contributed by atoms with E-state index in [4.69, 9.17) is 0 Å². The van der Waals surface area contributed by atoms with Crippen LogP contribution < -0.4 is 0 Å². The van der Waals surface area contributed by atoms with Gasteiger partial charge in [0, 0.05) is 14.1 Å². The first-order valence-electron chi connectivity index (χ1n) is 2.74. The van der Waals surface area contributed by atoms with E-state index in [1.807, 2.05) is 0 Å². The zero-order valence-corrected chi connectivity index (χ0v) is 7.01. The normalized spacial score (nSPS) is 12.4. The average Bonchev–Trinajstić information content (AvgIpc) is 1.59. The first-order valence-corrected chi connectivity index (χ1v) is 4.07. The molecule has 0 aromatic rings.